The molecule has 0 aliphatic carbocycles. The van der Waals surface area contributed by atoms with Crippen molar-refractivity contribution in [3.05, 3.63) is 42.0 Å². The molecule has 0 spiro atoms. The lowest BCUT2D eigenvalue weighted by Gasteiger charge is -2.02. The third kappa shape index (κ3) is 2.87. The van der Waals surface area contributed by atoms with E-state index in [1.807, 2.05) is 0 Å². The van der Waals surface area contributed by atoms with E-state index in [0.29, 0.717) is 11.4 Å². The molecule has 1 aromatic carbocycles. The Morgan fingerprint density at radius 1 is 1.50 bits per heavy atom. The van der Waals surface area contributed by atoms with Crippen LogP contribution in [-0.2, 0) is 0 Å². The molecule has 0 unspecified atom stereocenters. The number of hydrogen-bond donors (Lipinski definition) is 4. The lowest BCUT2D eigenvalue weighted by Crippen LogP contribution is -2.22. The highest BCUT2D eigenvalue weighted by molar-refractivity contribution is 5.75. The molecule has 0 bridgehead atoms. The first-order valence-corrected chi connectivity index (χ1v) is 3.95. The SMILES string of the molecule is N=C/C(=C\Nc1cccc(F)c1)NN. The van der Waals surface area contributed by atoms with Crippen LogP contribution in [0.3, 0.4) is 0 Å². The molecule has 0 saturated heterocycles. The monoisotopic (exact) mass is 194 g/mol. The van der Waals surface area contributed by atoms with Crippen LogP contribution < -0.4 is 16.6 Å². The molecule has 0 amide bonds. The van der Waals surface area contributed by atoms with Crippen LogP contribution in [0, 0.1) is 11.2 Å². The van der Waals surface area contributed by atoms with Crippen LogP contribution in [-0.4, -0.2) is 6.21 Å². The summed E-state index contributed by atoms with van der Waals surface area (Å²) < 4.78 is 12.7. The van der Waals surface area contributed by atoms with Crippen molar-refractivity contribution in [2.24, 2.45) is 5.84 Å². The summed E-state index contributed by atoms with van der Waals surface area (Å²) in [6, 6.07) is 5.99. The Morgan fingerprint density at radius 2 is 2.29 bits per heavy atom. The molecule has 5 N–H and O–H groups in total. The van der Waals surface area contributed by atoms with E-state index >= 15 is 0 Å². The molecule has 0 aliphatic heterocycles. The van der Waals surface area contributed by atoms with E-state index in [1.54, 1.807) is 12.1 Å². The maximum absolute atomic E-state index is 12.7. The van der Waals surface area contributed by atoms with E-state index in [4.69, 9.17) is 11.3 Å². The van der Waals surface area contributed by atoms with Gasteiger partial charge in [-0.05, 0) is 18.2 Å². The van der Waals surface area contributed by atoms with Crippen LogP contribution in [0.15, 0.2) is 36.2 Å². The number of nitrogens with one attached hydrogen (secondary N) is 3. The van der Waals surface area contributed by atoms with Crippen LogP contribution in [0.1, 0.15) is 0 Å². The molecule has 0 atom stereocenters. The van der Waals surface area contributed by atoms with Gasteiger partial charge in [0.1, 0.15) is 5.82 Å². The fourth-order valence-corrected chi connectivity index (χ4v) is 0.864. The fourth-order valence-electron chi connectivity index (χ4n) is 0.864. The smallest absolute Gasteiger partial charge is 0.125 e. The first-order valence-electron chi connectivity index (χ1n) is 3.95. The first kappa shape index (κ1) is 10.2. The Morgan fingerprint density at radius 3 is 2.86 bits per heavy atom. The first-order chi connectivity index (χ1) is 6.76. The van der Waals surface area contributed by atoms with Gasteiger partial charge in [0.15, 0.2) is 0 Å². The van der Waals surface area contributed by atoms with Crippen molar-refractivity contribution in [1.82, 2.24) is 5.43 Å². The zero-order valence-electron chi connectivity index (χ0n) is 7.42. The van der Waals surface area contributed by atoms with Crippen molar-refractivity contribution >= 4 is 11.9 Å². The van der Waals surface area contributed by atoms with Crippen LogP contribution in [0.2, 0.25) is 0 Å². The van der Waals surface area contributed by atoms with Gasteiger partial charge in [0.25, 0.3) is 0 Å². The average Bonchev–Trinajstić information content (AvgIpc) is 2.19. The molecule has 14 heavy (non-hydrogen) atoms. The van der Waals surface area contributed by atoms with E-state index in [2.05, 4.69) is 10.7 Å². The van der Waals surface area contributed by atoms with Gasteiger partial charge in [-0.3, -0.25) is 5.84 Å². The van der Waals surface area contributed by atoms with Crippen molar-refractivity contribution in [3.63, 3.8) is 0 Å². The number of allylic oxidation sites excluding steroid dienone is 1. The number of benzene rings is 1. The van der Waals surface area contributed by atoms with Gasteiger partial charge in [0.2, 0.25) is 0 Å². The Hall–Kier alpha value is -1.88. The summed E-state index contributed by atoms with van der Waals surface area (Å²) in [6.45, 7) is 0. The number of nitrogens with two attached hydrogens (primary N) is 1. The zero-order chi connectivity index (χ0) is 10.4. The molecule has 0 saturated carbocycles. The molecular weight excluding hydrogens is 183 g/mol. The summed E-state index contributed by atoms with van der Waals surface area (Å²) in [5.41, 5.74) is 3.29. The highest BCUT2D eigenvalue weighted by Gasteiger charge is 1.92. The normalized spacial score (nSPS) is 10.9. The van der Waals surface area contributed by atoms with Crippen molar-refractivity contribution in [2.75, 3.05) is 5.32 Å². The molecule has 1 rings (SSSR count). The van der Waals surface area contributed by atoms with Gasteiger partial charge in [-0.1, -0.05) is 6.07 Å². The molecule has 0 aliphatic rings. The standard InChI is InChI=1S/C9H11FN4/c10-7-2-1-3-8(4-7)13-6-9(5-11)14-12/h1-6,11,13-14H,12H2/b9-6+,11-5?. The van der Waals surface area contributed by atoms with E-state index in [0.717, 1.165) is 6.21 Å². The van der Waals surface area contributed by atoms with Gasteiger partial charge >= 0.3 is 0 Å². The molecule has 0 radical (unpaired) electrons. The molecule has 0 heterocycles. The summed E-state index contributed by atoms with van der Waals surface area (Å²) in [5.74, 6) is 4.77. The lowest BCUT2D eigenvalue weighted by atomic mass is 10.3. The predicted octanol–water partition coefficient (Wildman–Crippen LogP) is 1.19. The van der Waals surface area contributed by atoms with E-state index < -0.39 is 0 Å². The van der Waals surface area contributed by atoms with Gasteiger partial charge in [0.05, 0.1) is 5.70 Å². The van der Waals surface area contributed by atoms with Gasteiger partial charge in [-0.25, -0.2) is 4.39 Å². The van der Waals surface area contributed by atoms with Crippen molar-refractivity contribution < 1.29 is 4.39 Å². The second kappa shape index (κ2) is 4.98. The highest BCUT2D eigenvalue weighted by atomic mass is 19.1. The number of halogens is 1. The predicted molar refractivity (Wildman–Crippen MR) is 54.2 cm³/mol. The Bertz CT molecular complexity index is 348. The topological polar surface area (TPSA) is 73.9 Å². The van der Waals surface area contributed by atoms with E-state index in [-0.39, 0.29) is 5.82 Å². The maximum atomic E-state index is 12.7. The van der Waals surface area contributed by atoms with E-state index in [1.165, 1.54) is 18.3 Å². The maximum Gasteiger partial charge on any atom is 0.125 e. The van der Waals surface area contributed by atoms with Gasteiger partial charge in [0, 0.05) is 18.1 Å². The summed E-state index contributed by atoms with van der Waals surface area (Å²) in [6.07, 6.45) is 2.52. The van der Waals surface area contributed by atoms with Crippen LogP contribution in [0.4, 0.5) is 10.1 Å². The summed E-state index contributed by atoms with van der Waals surface area (Å²) in [7, 11) is 0. The second-order valence-electron chi connectivity index (χ2n) is 2.54. The third-order valence-corrected chi connectivity index (χ3v) is 1.54. The van der Waals surface area contributed by atoms with Gasteiger partial charge in [-0.15, -0.1) is 0 Å². The van der Waals surface area contributed by atoms with Crippen LogP contribution in [0.25, 0.3) is 0 Å². The number of rotatable bonds is 4. The molecule has 0 aromatic heterocycles. The summed E-state index contributed by atoms with van der Waals surface area (Å²) >= 11 is 0. The minimum absolute atomic E-state index is 0.319. The third-order valence-electron chi connectivity index (χ3n) is 1.54. The summed E-state index contributed by atoms with van der Waals surface area (Å²) in [4.78, 5) is 0. The van der Waals surface area contributed by atoms with Crippen molar-refractivity contribution in [3.8, 4) is 0 Å². The molecule has 74 valence electrons. The van der Waals surface area contributed by atoms with E-state index in [9.17, 15) is 4.39 Å². The van der Waals surface area contributed by atoms with Gasteiger partial charge in [-0.2, -0.15) is 0 Å². The lowest BCUT2D eigenvalue weighted by molar-refractivity contribution is 0.628. The van der Waals surface area contributed by atoms with Crippen molar-refractivity contribution in [1.29, 1.82) is 5.41 Å². The Balaban J connectivity index is 2.69. The van der Waals surface area contributed by atoms with Crippen LogP contribution >= 0.6 is 0 Å². The number of hydrogen-bond acceptors (Lipinski definition) is 4. The quantitative estimate of drug-likeness (QED) is 0.330. The number of hydrazine groups is 1. The molecular formula is C9H11FN4. The fraction of sp³-hybridized carbons (Fsp3) is 0. The molecule has 1 aromatic rings. The molecule has 4 nitrogen and oxygen atoms in total. The van der Waals surface area contributed by atoms with Crippen LogP contribution in [0.5, 0.6) is 0 Å². The second-order valence-corrected chi connectivity index (χ2v) is 2.54. The van der Waals surface area contributed by atoms with Crippen molar-refractivity contribution in [2.45, 2.75) is 0 Å². The zero-order valence-corrected chi connectivity index (χ0v) is 7.42. The summed E-state index contributed by atoms with van der Waals surface area (Å²) in [5, 5.41) is 9.71. The Labute approximate surface area is 81.1 Å². The molecule has 5 heteroatoms. The Kier molecular flexibility index (Phi) is 3.63. The molecule has 0 fully saturated rings. The highest BCUT2D eigenvalue weighted by Crippen LogP contribution is 2.08. The average molecular weight is 194 g/mol. The number of anilines is 1. The largest absolute Gasteiger partial charge is 0.360 e. The minimum Gasteiger partial charge on any atom is -0.360 e. The van der Waals surface area contributed by atoms with Gasteiger partial charge < -0.3 is 16.2 Å². The minimum atomic E-state index is -0.319.